The highest BCUT2D eigenvalue weighted by molar-refractivity contribution is 6.30. The van der Waals surface area contributed by atoms with Crippen LogP contribution in [0.2, 0.25) is 10.3 Å². The molecule has 63 heavy (non-hydrogen) atoms. The number of nitrogens with one attached hydrogen (secondary N) is 4. The average Bonchev–Trinajstić information content (AvgIpc) is 4.17. The third-order valence-electron chi connectivity index (χ3n) is 10.8. The number of benzene rings is 4. The SMILES string of the molecule is CCCCc1nc(Cl)c(C(Cc2ccc(-c3ccccc3-c3nnn[nH]3)cc2)OCOCOC(Cc2ccc(-c3ccccc3-c3nnn[nH]3)cc2)c2[nH]c(CCCC)nc2Cl)[nH]1. The molecule has 0 fully saturated rings. The first-order valence-electron chi connectivity index (χ1n) is 21.1. The summed E-state index contributed by atoms with van der Waals surface area (Å²) in [7, 11) is 0. The molecule has 0 spiro atoms. The van der Waals surface area contributed by atoms with Gasteiger partial charge in [-0.25, -0.2) is 20.2 Å². The third kappa shape index (κ3) is 10.9. The van der Waals surface area contributed by atoms with Gasteiger partial charge in [0.15, 0.2) is 35.5 Å². The Morgan fingerprint density at radius 1 is 0.540 bits per heavy atom. The van der Waals surface area contributed by atoms with Gasteiger partial charge in [0.1, 0.15) is 23.9 Å². The van der Waals surface area contributed by atoms with E-state index in [4.69, 9.17) is 37.4 Å². The molecule has 0 aliphatic heterocycles. The molecule has 15 nitrogen and oxygen atoms in total. The van der Waals surface area contributed by atoms with Gasteiger partial charge in [-0.2, -0.15) is 0 Å². The highest BCUT2D eigenvalue weighted by Crippen LogP contribution is 2.34. The molecule has 17 heteroatoms. The summed E-state index contributed by atoms with van der Waals surface area (Å²) in [5.41, 5.74) is 9.36. The predicted octanol–water partition coefficient (Wildman–Crippen LogP) is 10.1. The fourth-order valence-electron chi connectivity index (χ4n) is 7.46. The van der Waals surface area contributed by atoms with Gasteiger partial charge in [0.25, 0.3) is 0 Å². The van der Waals surface area contributed by atoms with Crippen LogP contribution < -0.4 is 0 Å². The van der Waals surface area contributed by atoms with Gasteiger partial charge >= 0.3 is 0 Å². The van der Waals surface area contributed by atoms with E-state index in [1.807, 2.05) is 48.5 Å². The number of hydrogen-bond donors (Lipinski definition) is 4. The van der Waals surface area contributed by atoms with Gasteiger partial charge in [0, 0.05) is 36.8 Å². The van der Waals surface area contributed by atoms with Gasteiger partial charge in [-0.15, -0.1) is 10.2 Å². The van der Waals surface area contributed by atoms with E-state index in [1.165, 1.54) is 0 Å². The number of imidazole rings is 2. The number of aromatic amines is 4. The Balaban J connectivity index is 0.961. The van der Waals surface area contributed by atoms with Crippen LogP contribution in [-0.2, 0) is 39.9 Å². The van der Waals surface area contributed by atoms with E-state index in [0.29, 0.717) is 46.2 Å². The van der Waals surface area contributed by atoms with E-state index in [1.54, 1.807) is 0 Å². The van der Waals surface area contributed by atoms with Crippen molar-refractivity contribution < 1.29 is 14.2 Å². The molecular formula is C46H48Cl2N12O3. The maximum absolute atomic E-state index is 6.77. The van der Waals surface area contributed by atoms with Crippen LogP contribution in [0.3, 0.4) is 0 Å². The van der Waals surface area contributed by atoms with Gasteiger partial charge in [0.2, 0.25) is 0 Å². The Labute approximate surface area is 374 Å². The van der Waals surface area contributed by atoms with Crippen LogP contribution in [0.5, 0.6) is 0 Å². The van der Waals surface area contributed by atoms with Crippen molar-refractivity contribution in [3.8, 4) is 45.0 Å². The number of hydrogen-bond acceptors (Lipinski definition) is 11. The number of ether oxygens (including phenoxy) is 3. The van der Waals surface area contributed by atoms with Crippen molar-refractivity contribution in [2.75, 3.05) is 13.6 Å². The van der Waals surface area contributed by atoms with Crippen LogP contribution in [0.4, 0.5) is 0 Å². The van der Waals surface area contributed by atoms with Crippen LogP contribution in [0.25, 0.3) is 45.0 Å². The summed E-state index contributed by atoms with van der Waals surface area (Å²) < 4.78 is 18.9. The number of aromatic nitrogens is 12. The molecule has 0 aliphatic carbocycles. The Hall–Kier alpha value is -6.10. The van der Waals surface area contributed by atoms with Gasteiger partial charge in [-0.1, -0.05) is 147 Å². The summed E-state index contributed by atoms with van der Waals surface area (Å²) in [5.74, 6) is 2.85. The van der Waals surface area contributed by atoms with Gasteiger partial charge in [-0.05, 0) is 67.1 Å². The lowest BCUT2D eigenvalue weighted by Gasteiger charge is -2.20. The summed E-state index contributed by atoms with van der Waals surface area (Å²) in [6, 6.07) is 32.7. The molecule has 2 atom stereocenters. The minimum absolute atomic E-state index is 0.0685. The predicted molar refractivity (Wildman–Crippen MR) is 240 cm³/mol. The zero-order valence-electron chi connectivity index (χ0n) is 35.0. The summed E-state index contributed by atoms with van der Waals surface area (Å²) in [6.07, 6.45) is 5.68. The molecule has 0 bridgehead atoms. The first-order chi connectivity index (χ1) is 31.0. The molecule has 2 unspecified atom stereocenters. The lowest BCUT2D eigenvalue weighted by Crippen LogP contribution is -2.15. The maximum atomic E-state index is 6.77. The monoisotopic (exact) mass is 886 g/mol. The zero-order valence-corrected chi connectivity index (χ0v) is 36.5. The molecule has 0 saturated heterocycles. The zero-order chi connectivity index (χ0) is 43.4. The largest absolute Gasteiger partial charge is 0.345 e. The summed E-state index contributed by atoms with van der Waals surface area (Å²) in [6.45, 7) is 4.16. The standard InChI is InChI=1S/C46H48Cl2N12O3/c1-3-5-15-39-49-41(43(47)51-39)37(25-29-17-21-31(22-18-29)33-11-7-9-13-35(33)45-53-57-58-54-45)62-27-61-28-63-38(42-44(48)52-40(50-42)16-6-4-2)26-30-19-23-32(24-20-30)34-12-8-10-14-36(34)46-55-59-60-56-46/h7-14,17-24,37-38H,3-6,15-16,25-28H2,1-2H3,(H,49,51)(H,50,52)(H,53,54,57,58)(H,55,56,59,60). The highest BCUT2D eigenvalue weighted by atomic mass is 35.5. The van der Waals surface area contributed by atoms with Crippen LogP contribution in [-0.4, -0.2) is 74.8 Å². The normalized spacial score (nSPS) is 12.5. The van der Waals surface area contributed by atoms with E-state index >= 15 is 0 Å². The van der Waals surface area contributed by atoms with Crippen molar-refractivity contribution in [3.63, 3.8) is 0 Å². The van der Waals surface area contributed by atoms with Crippen molar-refractivity contribution in [3.05, 3.63) is 142 Å². The molecule has 0 radical (unpaired) electrons. The molecule has 8 aromatic rings. The van der Waals surface area contributed by atoms with Crippen molar-refractivity contribution in [2.45, 2.75) is 77.4 Å². The quantitative estimate of drug-likeness (QED) is 0.0374. The maximum Gasteiger partial charge on any atom is 0.180 e. The number of aryl methyl sites for hydroxylation is 2. The Morgan fingerprint density at radius 3 is 1.33 bits per heavy atom. The lowest BCUT2D eigenvalue weighted by molar-refractivity contribution is -0.167. The fraction of sp³-hybridized carbons (Fsp3) is 0.304. The van der Waals surface area contributed by atoms with E-state index in [9.17, 15) is 0 Å². The average molecular weight is 888 g/mol. The minimum Gasteiger partial charge on any atom is -0.345 e. The van der Waals surface area contributed by atoms with Crippen molar-refractivity contribution in [1.29, 1.82) is 0 Å². The summed E-state index contributed by atoms with van der Waals surface area (Å²) in [4.78, 5) is 16.1. The van der Waals surface area contributed by atoms with Gasteiger partial charge < -0.3 is 24.2 Å². The summed E-state index contributed by atoms with van der Waals surface area (Å²) >= 11 is 13.5. The van der Waals surface area contributed by atoms with Crippen LogP contribution >= 0.6 is 23.2 Å². The number of tetrazole rings is 2. The second-order valence-electron chi connectivity index (χ2n) is 15.1. The minimum atomic E-state index is -0.485. The lowest BCUT2D eigenvalue weighted by atomic mass is 9.97. The number of H-pyrrole nitrogens is 4. The third-order valence-corrected chi connectivity index (χ3v) is 11.4. The van der Waals surface area contributed by atoms with Crippen molar-refractivity contribution >= 4 is 23.2 Å². The van der Waals surface area contributed by atoms with Gasteiger partial charge in [-0.3, -0.25) is 0 Å². The van der Waals surface area contributed by atoms with Crippen LogP contribution in [0.1, 0.15) is 85.9 Å². The van der Waals surface area contributed by atoms with E-state index < -0.39 is 12.2 Å². The second kappa shape index (κ2) is 21.3. The number of halogens is 2. The molecular weight excluding hydrogens is 839 g/mol. The Morgan fingerprint density at radius 2 is 0.952 bits per heavy atom. The first-order valence-corrected chi connectivity index (χ1v) is 21.9. The van der Waals surface area contributed by atoms with Crippen LogP contribution in [0, 0.1) is 0 Å². The summed E-state index contributed by atoms with van der Waals surface area (Å²) in [5, 5.41) is 29.8. The Kier molecular flexibility index (Phi) is 14.7. The molecule has 0 saturated carbocycles. The first kappa shape index (κ1) is 43.5. The number of nitrogens with zero attached hydrogens (tertiary/aromatic N) is 8. The van der Waals surface area contributed by atoms with E-state index in [-0.39, 0.29) is 13.6 Å². The van der Waals surface area contributed by atoms with Crippen molar-refractivity contribution in [1.82, 2.24) is 61.2 Å². The van der Waals surface area contributed by atoms with Crippen LogP contribution in [0.15, 0.2) is 97.1 Å². The number of unbranched alkanes of at least 4 members (excludes halogenated alkanes) is 2. The molecule has 4 aromatic heterocycles. The van der Waals surface area contributed by atoms with E-state index in [0.717, 1.165) is 94.7 Å². The molecule has 8 rings (SSSR count). The molecule has 4 N–H and O–H groups in total. The highest BCUT2D eigenvalue weighted by Gasteiger charge is 2.24. The smallest absolute Gasteiger partial charge is 0.180 e. The molecule has 4 heterocycles. The molecule has 4 aromatic carbocycles. The second-order valence-corrected chi connectivity index (χ2v) is 15.8. The molecule has 324 valence electrons. The topological polar surface area (TPSA) is 194 Å². The van der Waals surface area contributed by atoms with Crippen molar-refractivity contribution in [2.24, 2.45) is 0 Å². The van der Waals surface area contributed by atoms with Gasteiger partial charge in [0.05, 0.1) is 11.4 Å². The number of rotatable bonds is 22. The van der Waals surface area contributed by atoms with E-state index in [2.05, 4.69) is 124 Å². The molecule has 0 amide bonds. The Bertz CT molecular complexity index is 2450. The molecule has 0 aliphatic rings. The fourth-order valence-corrected chi connectivity index (χ4v) is 8.00.